The largest absolute Gasteiger partial charge is 0.394 e. The fourth-order valence-corrected chi connectivity index (χ4v) is 4.10. The molecule has 13 nitrogen and oxygen atoms in total. The van der Waals surface area contributed by atoms with Crippen molar-refractivity contribution in [1.29, 1.82) is 0 Å². The number of amides is 1. The van der Waals surface area contributed by atoms with Crippen molar-refractivity contribution in [2.45, 2.75) is 42.3 Å². The number of nitrogen functional groups attached to an aromatic ring is 1. The van der Waals surface area contributed by atoms with Crippen LogP contribution in [0, 0.1) is 0 Å². The summed E-state index contributed by atoms with van der Waals surface area (Å²) in [4.78, 5) is 24.9. The van der Waals surface area contributed by atoms with Gasteiger partial charge in [-0.3, -0.25) is 9.36 Å². The molecule has 13 heteroatoms. The second-order valence-corrected chi connectivity index (χ2v) is 6.96. The summed E-state index contributed by atoms with van der Waals surface area (Å²) in [6, 6.07) is -0.940. The van der Waals surface area contributed by atoms with Gasteiger partial charge >= 0.3 is 0 Å². The Morgan fingerprint density at radius 3 is 2.66 bits per heavy atom. The maximum atomic E-state index is 12.6. The lowest BCUT2D eigenvalue weighted by atomic mass is 9.92. The van der Waals surface area contributed by atoms with Crippen LogP contribution in [0.15, 0.2) is 12.7 Å². The molecule has 2 saturated heterocycles. The number of aliphatic hydroxyl groups is 3. The summed E-state index contributed by atoms with van der Waals surface area (Å²) in [5, 5.41) is 33.8. The fraction of sp³-hybridized carbons (Fsp3) is 0.625. The Balaban J connectivity index is 1.90. The van der Waals surface area contributed by atoms with Gasteiger partial charge in [0.1, 0.15) is 30.2 Å². The highest BCUT2D eigenvalue weighted by Gasteiger charge is 2.65. The lowest BCUT2D eigenvalue weighted by Gasteiger charge is -2.38. The zero-order valence-electron chi connectivity index (χ0n) is 15.7. The van der Waals surface area contributed by atoms with E-state index in [0.29, 0.717) is 0 Å². The summed E-state index contributed by atoms with van der Waals surface area (Å²) in [6.45, 7) is -0.565. The van der Waals surface area contributed by atoms with E-state index in [-0.39, 0.29) is 23.4 Å². The number of anilines is 1. The first kappa shape index (κ1) is 19.9. The summed E-state index contributed by atoms with van der Waals surface area (Å²) in [7, 11) is 2.63. The summed E-state index contributed by atoms with van der Waals surface area (Å²) in [5.41, 5.74) is 4.54. The molecule has 4 rings (SSSR count). The van der Waals surface area contributed by atoms with Gasteiger partial charge in [-0.1, -0.05) is 0 Å². The van der Waals surface area contributed by atoms with Crippen molar-refractivity contribution in [2.75, 3.05) is 26.6 Å². The Kier molecular flexibility index (Phi) is 4.68. The molecule has 5 atom stereocenters. The molecule has 0 aromatic carbocycles. The van der Waals surface area contributed by atoms with Crippen molar-refractivity contribution < 1.29 is 34.3 Å². The molecule has 0 aliphatic carbocycles. The van der Waals surface area contributed by atoms with Crippen LogP contribution in [-0.4, -0.2) is 91.7 Å². The zero-order chi connectivity index (χ0) is 21.0. The van der Waals surface area contributed by atoms with Gasteiger partial charge in [0.05, 0.1) is 19.0 Å². The zero-order valence-corrected chi connectivity index (χ0v) is 15.7. The average Bonchev–Trinajstić information content (AvgIpc) is 3.37. The number of aliphatic hydroxyl groups excluding tert-OH is 3. The minimum absolute atomic E-state index is 0.0685. The van der Waals surface area contributed by atoms with Gasteiger partial charge < -0.3 is 40.6 Å². The molecule has 1 unspecified atom stereocenters. The van der Waals surface area contributed by atoms with Crippen LogP contribution < -0.4 is 11.1 Å². The summed E-state index contributed by atoms with van der Waals surface area (Å²) >= 11 is 0. The third-order valence-electron chi connectivity index (χ3n) is 5.67. The molecule has 2 aromatic rings. The first-order valence-electron chi connectivity index (χ1n) is 8.84. The number of nitrogens with zero attached hydrogens (tertiary/aromatic N) is 4. The molecule has 2 aromatic heterocycles. The number of fused-ring (bicyclic) bond motifs is 1. The van der Waals surface area contributed by atoms with Crippen LogP contribution in [0.2, 0.25) is 0 Å². The van der Waals surface area contributed by atoms with Gasteiger partial charge in [0, 0.05) is 20.6 Å². The first-order chi connectivity index (χ1) is 13.8. The van der Waals surface area contributed by atoms with Gasteiger partial charge in [-0.15, -0.1) is 0 Å². The highest BCUT2D eigenvalue weighted by atomic mass is 16.7. The van der Waals surface area contributed by atoms with Crippen molar-refractivity contribution in [3.8, 4) is 0 Å². The number of hydrogen-bond acceptors (Lipinski definition) is 11. The number of aromatic nitrogens is 4. The number of rotatable bonds is 5. The fourth-order valence-electron chi connectivity index (χ4n) is 4.10. The predicted octanol–water partition coefficient (Wildman–Crippen LogP) is -2.95. The Morgan fingerprint density at radius 1 is 1.34 bits per heavy atom. The van der Waals surface area contributed by atoms with E-state index in [9.17, 15) is 20.1 Å². The molecule has 2 aliphatic heterocycles. The van der Waals surface area contributed by atoms with Crippen molar-refractivity contribution in [3.05, 3.63) is 12.7 Å². The highest BCUT2D eigenvalue weighted by Crippen LogP contribution is 2.45. The van der Waals surface area contributed by atoms with Crippen LogP contribution in [0.4, 0.5) is 5.82 Å². The van der Waals surface area contributed by atoms with E-state index >= 15 is 0 Å². The van der Waals surface area contributed by atoms with Crippen molar-refractivity contribution in [3.63, 3.8) is 0 Å². The number of carbonyl (C=O) groups excluding carboxylic acids is 1. The second kappa shape index (κ2) is 6.83. The Labute approximate surface area is 164 Å². The van der Waals surface area contributed by atoms with Crippen molar-refractivity contribution in [2.24, 2.45) is 0 Å². The number of nitrogens with one attached hydrogen (secondary N) is 1. The lowest BCUT2D eigenvalue weighted by molar-refractivity contribution is -0.209. The van der Waals surface area contributed by atoms with Crippen LogP contribution >= 0.6 is 0 Å². The highest BCUT2D eigenvalue weighted by molar-refractivity contribution is 5.87. The monoisotopic (exact) mass is 410 g/mol. The number of imidazole rings is 1. The molecular formula is C16H22N6O7. The van der Waals surface area contributed by atoms with E-state index in [1.807, 2.05) is 0 Å². The quantitative estimate of drug-likeness (QED) is 0.317. The standard InChI is InChI=1S/C16H22N6O7/c1-27-15(28-2)3-8(21-14(15)26)16(11(25)10(24)7(4-23)29-16)22-6-20-9-12(17)18-5-19-13(9)22/h5-8,10-11,23-25H,3-4H2,1-2H3,(H,21,26)(H2,17,18,19)/t7-,8?,10-,11-,16-/m1/s1. The van der Waals surface area contributed by atoms with Crippen molar-refractivity contribution in [1.82, 2.24) is 24.8 Å². The first-order valence-corrected chi connectivity index (χ1v) is 8.84. The molecule has 0 radical (unpaired) electrons. The maximum absolute atomic E-state index is 12.6. The summed E-state index contributed by atoms with van der Waals surface area (Å²) in [6.07, 6.45) is -1.68. The molecule has 29 heavy (non-hydrogen) atoms. The molecule has 0 saturated carbocycles. The van der Waals surface area contributed by atoms with E-state index in [0.717, 1.165) is 0 Å². The minimum Gasteiger partial charge on any atom is -0.394 e. The molecule has 2 aliphatic rings. The Bertz CT molecular complexity index is 934. The van der Waals surface area contributed by atoms with Crippen LogP contribution in [0.1, 0.15) is 6.42 Å². The number of nitrogens with two attached hydrogens (primary N) is 1. The van der Waals surface area contributed by atoms with Gasteiger partial charge in [-0.05, 0) is 0 Å². The molecule has 0 bridgehead atoms. The van der Waals surface area contributed by atoms with E-state index in [1.54, 1.807) is 0 Å². The summed E-state index contributed by atoms with van der Waals surface area (Å²) < 4.78 is 17.9. The molecule has 1 amide bonds. The van der Waals surface area contributed by atoms with Crippen molar-refractivity contribution >= 4 is 22.9 Å². The number of carbonyl (C=O) groups is 1. The smallest absolute Gasteiger partial charge is 0.280 e. The molecular weight excluding hydrogens is 388 g/mol. The SMILES string of the molecule is COC1(OC)CC([C@@]2(n3cnc4c(N)ncnc43)O[C@H](CO)[C@@H](O)[C@H]2O)NC1=O. The maximum Gasteiger partial charge on any atom is 0.280 e. The average molecular weight is 410 g/mol. The van der Waals surface area contributed by atoms with Gasteiger partial charge in [0.2, 0.25) is 0 Å². The Morgan fingerprint density at radius 2 is 2.07 bits per heavy atom. The minimum atomic E-state index is -1.78. The van der Waals surface area contributed by atoms with Gasteiger partial charge in [0.25, 0.3) is 11.7 Å². The second-order valence-electron chi connectivity index (χ2n) is 6.96. The van der Waals surface area contributed by atoms with E-state index in [1.165, 1.54) is 31.4 Å². The Hall–Kier alpha value is -2.42. The predicted molar refractivity (Wildman–Crippen MR) is 95.0 cm³/mol. The summed E-state index contributed by atoms with van der Waals surface area (Å²) in [5.74, 6) is -2.09. The van der Waals surface area contributed by atoms with Gasteiger partial charge in [-0.2, -0.15) is 0 Å². The van der Waals surface area contributed by atoms with E-state index in [2.05, 4.69) is 20.3 Å². The molecule has 4 heterocycles. The third kappa shape index (κ3) is 2.56. The normalized spacial score (nSPS) is 34.0. The third-order valence-corrected chi connectivity index (χ3v) is 5.67. The van der Waals surface area contributed by atoms with Crippen LogP contribution in [0.25, 0.3) is 11.2 Å². The number of methoxy groups -OCH3 is 2. The molecule has 2 fully saturated rings. The topological polar surface area (TPSA) is 187 Å². The van der Waals surface area contributed by atoms with E-state index < -0.39 is 48.4 Å². The molecule has 0 spiro atoms. The number of hydrogen-bond donors (Lipinski definition) is 5. The van der Waals surface area contributed by atoms with Gasteiger partial charge in [-0.25, -0.2) is 15.0 Å². The molecule has 158 valence electrons. The lowest BCUT2D eigenvalue weighted by Crippen LogP contribution is -2.57. The number of ether oxygens (including phenoxy) is 3. The molecule has 6 N–H and O–H groups in total. The van der Waals surface area contributed by atoms with E-state index in [4.69, 9.17) is 19.9 Å². The van der Waals surface area contributed by atoms with Crippen LogP contribution in [0.3, 0.4) is 0 Å². The van der Waals surface area contributed by atoms with Gasteiger partial charge in [0.15, 0.2) is 17.2 Å². The van der Waals surface area contributed by atoms with Crippen LogP contribution in [0.5, 0.6) is 0 Å². The van der Waals surface area contributed by atoms with Crippen LogP contribution in [-0.2, 0) is 24.7 Å².